The number of esters is 1. The van der Waals surface area contributed by atoms with Crippen LogP contribution in [0.5, 0.6) is 0 Å². The van der Waals surface area contributed by atoms with E-state index < -0.39 is 59.6 Å². The highest BCUT2D eigenvalue weighted by Gasteiger charge is 2.77. The van der Waals surface area contributed by atoms with Crippen LogP contribution >= 0.6 is 15.9 Å². The lowest BCUT2D eigenvalue weighted by atomic mass is 9.70. The number of halogens is 1. The fourth-order valence-electron chi connectivity index (χ4n) is 8.55. The predicted molar refractivity (Wildman–Crippen MR) is 208 cm³/mol. The van der Waals surface area contributed by atoms with Crippen LogP contribution in [0, 0.1) is 31.6 Å². The van der Waals surface area contributed by atoms with Gasteiger partial charge in [-0.2, -0.15) is 0 Å². The largest absolute Gasteiger partial charge is 0.455 e. The van der Waals surface area contributed by atoms with Crippen molar-refractivity contribution in [2.24, 2.45) is 17.8 Å². The standard InChI is InChI=1S/C42H54BrN3O7/c1-9-11-17-33(48)44(8)28(7)36(29-15-13-12-14-16-29)52-41(51)34-35-39(49)46(30(24-47)21-25(3)4)38(42(35)23-31(43)37(34)53-42)40(50)45(20-10-2)32-22-26(5)18-19-27(32)6/h9-10,12-16,18-19,22,25,28,30-31,34-38,47H,1-2,11,17,20-21,23-24H2,3-8H3/t28-,30+,31?,34-,35+,36+,37-,38-,42+/m0/s1. The molecule has 286 valence electrons. The first-order chi connectivity index (χ1) is 25.2. The molecule has 10 nitrogen and oxygen atoms in total. The fourth-order valence-corrected chi connectivity index (χ4v) is 9.49. The third-order valence-electron chi connectivity index (χ3n) is 11.2. The van der Waals surface area contributed by atoms with Gasteiger partial charge in [0, 0.05) is 30.5 Å². The number of anilines is 1. The Morgan fingerprint density at radius 3 is 2.43 bits per heavy atom. The van der Waals surface area contributed by atoms with Gasteiger partial charge in [-0.1, -0.05) is 84.4 Å². The number of aryl methyl sites for hydroxylation is 2. The Kier molecular flexibility index (Phi) is 12.7. The topological polar surface area (TPSA) is 117 Å². The fraction of sp³-hybridized carbons (Fsp3) is 0.524. The number of rotatable bonds is 16. The Morgan fingerprint density at radius 2 is 1.81 bits per heavy atom. The van der Waals surface area contributed by atoms with Gasteiger partial charge in [0.15, 0.2) is 0 Å². The van der Waals surface area contributed by atoms with E-state index in [0.29, 0.717) is 30.5 Å². The molecule has 0 radical (unpaired) electrons. The normalized spacial score (nSPS) is 26.2. The van der Waals surface area contributed by atoms with E-state index in [2.05, 4.69) is 29.1 Å². The first-order valence-corrected chi connectivity index (χ1v) is 19.5. The first kappa shape index (κ1) is 40.4. The summed E-state index contributed by atoms with van der Waals surface area (Å²) in [6, 6.07) is 12.7. The van der Waals surface area contributed by atoms with Gasteiger partial charge in [0.25, 0.3) is 5.91 Å². The summed E-state index contributed by atoms with van der Waals surface area (Å²) in [7, 11) is 1.69. The Balaban J connectivity index is 1.58. The maximum atomic E-state index is 15.2. The second-order valence-corrected chi connectivity index (χ2v) is 16.4. The molecule has 0 aromatic heterocycles. The van der Waals surface area contributed by atoms with Crippen LogP contribution in [0.4, 0.5) is 5.69 Å². The summed E-state index contributed by atoms with van der Waals surface area (Å²) >= 11 is 3.77. The molecule has 1 unspecified atom stereocenters. The maximum Gasteiger partial charge on any atom is 0.313 e. The second-order valence-electron chi connectivity index (χ2n) is 15.2. The molecule has 5 rings (SSSR count). The number of nitrogens with zero attached hydrogens (tertiary/aromatic N) is 3. The zero-order valence-corrected chi connectivity index (χ0v) is 33.3. The number of hydrogen-bond acceptors (Lipinski definition) is 7. The van der Waals surface area contributed by atoms with Crippen LogP contribution in [0.2, 0.25) is 0 Å². The predicted octanol–water partition coefficient (Wildman–Crippen LogP) is 6.08. The smallest absolute Gasteiger partial charge is 0.313 e. The summed E-state index contributed by atoms with van der Waals surface area (Å²) < 4.78 is 13.2. The monoisotopic (exact) mass is 791 g/mol. The molecule has 9 atom stereocenters. The number of allylic oxidation sites excluding steroid dienone is 1. The van der Waals surface area contributed by atoms with E-state index in [1.807, 2.05) is 83.1 Å². The minimum Gasteiger partial charge on any atom is -0.455 e. The summed E-state index contributed by atoms with van der Waals surface area (Å²) in [4.78, 5) is 62.3. The van der Waals surface area contributed by atoms with Gasteiger partial charge in [-0.15, -0.1) is 13.2 Å². The first-order valence-electron chi connectivity index (χ1n) is 18.6. The van der Waals surface area contributed by atoms with Gasteiger partial charge in [0.1, 0.15) is 17.7 Å². The number of aliphatic hydroxyl groups excluding tert-OH is 1. The van der Waals surface area contributed by atoms with Crippen LogP contribution in [0.1, 0.15) is 69.2 Å². The molecule has 3 saturated heterocycles. The third-order valence-corrected chi connectivity index (χ3v) is 12.0. The van der Waals surface area contributed by atoms with E-state index in [9.17, 15) is 19.5 Å². The van der Waals surface area contributed by atoms with Gasteiger partial charge in [-0.25, -0.2) is 0 Å². The van der Waals surface area contributed by atoms with E-state index in [0.717, 1.165) is 11.1 Å². The zero-order valence-electron chi connectivity index (χ0n) is 31.7. The van der Waals surface area contributed by atoms with Crippen LogP contribution in [0.3, 0.4) is 0 Å². The molecule has 53 heavy (non-hydrogen) atoms. The van der Waals surface area contributed by atoms with Crippen LogP contribution < -0.4 is 4.90 Å². The highest BCUT2D eigenvalue weighted by atomic mass is 79.9. The molecule has 2 aromatic rings. The number of benzene rings is 2. The van der Waals surface area contributed by atoms with E-state index in [1.165, 1.54) is 4.90 Å². The number of amides is 3. The SMILES string of the molecule is C=CCCC(=O)N(C)[C@@H](C)[C@@H](OC(=O)[C@@H]1[C@H]2O[C@@]3(CC2Br)[C@H](C(=O)N(CC=C)c2cc(C)ccc2C)N([C@@H](CO)CC(C)C)C(=O)[C@@H]13)c1ccccc1. The quantitative estimate of drug-likeness (QED) is 0.125. The van der Waals surface area contributed by atoms with Crippen LogP contribution in [0.25, 0.3) is 0 Å². The molecule has 3 amide bonds. The molecular formula is C42H54BrN3O7. The zero-order chi connectivity index (χ0) is 38.8. The molecule has 3 heterocycles. The Labute approximate surface area is 322 Å². The van der Waals surface area contributed by atoms with Crippen molar-refractivity contribution < 1.29 is 33.8 Å². The number of likely N-dealkylation sites (N-methyl/N-ethyl adjacent to an activating group) is 1. The minimum atomic E-state index is -1.37. The number of fused-ring (bicyclic) bond motifs is 1. The summed E-state index contributed by atoms with van der Waals surface area (Å²) in [5.41, 5.74) is 1.86. The second kappa shape index (κ2) is 16.7. The van der Waals surface area contributed by atoms with Crippen molar-refractivity contribution in [1.82, 2.24) is 9.80 Å². The van der Waals surface area contributed by atoms with Crippen molar-refractivity contribution in [3.63, 3.8) is 0 Å². The maximum absolute atomic E-state index is 15.2. The molecule has 2 aromatic carbocycles. The number of alkyl halides is 1. The number of likely N-dealkylation sites (tertiary alicyclic amines) is 1. The molecule has 1 N–H and O–H groups in total. The van der Waals surface area contributed by atoms with Crippen molar-refractivity contribution in [1.29, 1.82) is 0 Å². The van der Waals surface area contributed by atoms with Crippen molar-refractivity contribution >= 4 is 45.3 Å². The van der Waals surface area contributed by atoms with Gasteiger partial charge < -0.3 is 29.3 Å². The molecule has 0 aliphatic carbocycles. The van der Waals surface area contributed by atoms with Crippen molar-refractivity contribution in [2.45, 2.75) is 101 Å². The number of ether oxygens (including phenoxy) is 2. The van der Waals surface area contributed by atoms with E-state index in [1.54, 1.807) is 29.0 Å². The third kappa shape index (κ3) is 7.62. The van der Waals surface area contributed by atoms with Crippen LogP contribution in [-0.4, -0.2) is 93.5 Å². The molecule has 11 heteroatoms. The number of carbonyl (C=O) groups is 4. The summed E-state index contributed by atoms with van der Waals surface area (Å²) in [6.07, 6.45) is 3.26. The number of carbonyl (C=O) groups excluding carboxylic acids is 4. The Bertz CT molecular complexity index is 1700. The van der Waals surface area contributed by atoms with Crippen molar-refractivity contribution in [3.05, 3.63) is 90.5 Å². The average molecular weight is 793 g/mol. The molecule has 3 aliphatic heterocycles. The average Bonchev–Trinajstić information content (AvgIpc) is 3.74. The van der Waals surface area contributed by atoms with Gasteiger partial charge in [0.05, 0.1) is 36.6 Å². The highest BCUT2D eigenvalue weighted by molar-refractivity contribution is 9.09. The van der Waals surface area contributed by atoms with Gasteiger partial charge in [-0.3, -0.25) is 19.2 Å². The van der Waals surface area contributed by atoms with Gasteiger partial charge in [-0.05, 0) is 68.7 Å². The lowest BCUT2D eigenvalue weighted by molar-refractivity contribution is -0.165. The van der Waals surface area contributed by atoms with E-state index in [-0.39, 0.29) is 42.1 Å². The Hall–Kier alpha value is -3.80. The summed E-state index contributed by atoms with van der Waals surface area (Å²) in [5.74, 6) is -3.51. The van der Waals surface area contributed by atoms with E-state index >= 15 is 4.79 Å². The highest BCUT2D eigenvalue weighted by Crippen LogP contribution is 2.61. The van der Waals surface area contributed by atoms with Crippen molar-refractivity contribution in [3.8, 4) is 0 Å². The summed E-state index contributed by atoms with van der Waals surface area (Å²) in [5, 5.41) is 10.8. The van der Waals surface area contributed by atoms with Crippen molar-refractivity contribution in [2.75, 3.05) is 25.1 Å². The molecular weight excluding hydrogens is 738 g/mol. The van der Waals surface area contributed by atoms with Gasteiger partial charge >= 0.3 is 5.97 Å². The molecule has 1 spiro atoms. The van der Waals surface area contributed by atoms with Gasteiger partial charge in [0.2, 0.25) is 11.8 Å². The lowest BCUT2D eigenvalue weighted by Gasteiger charge is -2.40. The molecule has 3 fully saturated rings. The Morgan fingerprint density at radius 1 is 1.11 bits per heavy atom. The van der Waals surface area contributed by atoms with E-state index in [4.69, 9.17) is 9.47 Å². The number of aliphatic hydroxyl groups is 1. The van der Waals surface area contributed by atoms with Crippen LogP contribution in [-0.2, 0) is 28.7 Å². The minimum absolute atomic E-state index is 0.0955. The lowest BCUT2D eigenvalue weighted by Crippen LogP contribution is -2.59. The molecule has 0 saturated carbocycles. The molecule has 3 aliphatic rings. The number of hydrogen-bond donors (Lipinski definition) is 1. The molecule has 2 bridgehead atoms. The summed E-state index contributed by atoms with van der Waals surface area (Å²) in [6.45, 7) is 17.2. The van der Waals surface area contributed by atoms with Crippen LogP contribution in [0.15, 0.2) is 73.8 Å².